The first-order chi connectivity index (χ1) is 6.81. The molecule has 0 aliphatic carbocycles. The first-order valence-electron chi connectivity index (χ1n) is 5.24. The minimum atomic E-state index is 0.524. The Morgan fingerprint density at radius 3 is 2.29 bits per heavy atom. The minimum Gasteiger partial charge on any atom is -0.330 e. The lowest BCUT2D eigenvalue weighted by Crippen LogP contribution is -2.11. The van der Waals surface area contributed by atoms with Crippen LogP contribution >= 0.6 is 11.8 Å². The van der Waals surface area contributed by atoms with Gasteiger partial charge in [0.2, 0.25) is 0 Å². The molecule has 78 valence electrons. The Morgan fingerprint density at radius 2 is 1.86 bits per heavy atom. The largest absolute Gasteiger partial charge is 0.330 e. The maximum absolute atomic E-state index is 5.71. The Balaban J connectivity index is 2.71. The molecule has 0 fully saturated rings. The summed E-state index contributed by atoms with van der Waals surface area (Å²) >= 11 is 1.88. The zero-order valence-corrected chi connectivity index (χ0v) is 9.81. The standard InChI is InChI=1S/C12H19NS/c1-3-10(9-13)11-5-7-12(8-6-11)14-4-2/h5-8,10H,3-4,9,13H2,1-2H3. The topological polar surface area (TPSA) is 26.0 Å². The second-order valence-corrected chi connectivity index (χ2v) is 4.68. The quantitative estimate of drug-likeness (QED) is 0.753. The van der Waals surface area contributed by atoms with Crippen LogP contribution in [0.1, 0.15) is 31.7 Å². The van der Waals surface area contributed by atoms with Gasteiger partial charge >= 0.3 is 0 Å². The zero-order chi connectivity index (χ0) is 10.4. The molecule has 1 aromatic carbocycles. The molecule has 2 heteroatoms. The van der Waals surface area contributed by atoms with E-state index in [2.05, 4.69) is 38.1 Å². The first kappa shape index (κ1) is 11.6. The molecule has 0 bridgehead atoms. The number of thioether (sulfide) groups is 1. The molecular weight excluding hydrogens is 190 g/mol. The van der Waals surface area contributed by atoms with Crippen LogP contribution in [0.5, 0.6) is 0 Å². The Hall–Kier alpha value is -0.470. The van der Waals surface area contributed by atoms with E-state index >= 15 is 0 Å². The Bertz CT molecular complexity index is 252. The van der Waals surface area contributed by atoms with E-state index in [0.29, 0.717) is 5.92 Å². The molecule has 0 aliphatic heterocycles. The highest BCUT2D eigenvalue weighted by Crippen LogP contribution is 2.22. The van der Waals surface area contributed by atoms with Crippen LogP contribution in [-0.2, 0) is 0 Å². The van der Waals surface area contributed by atoms with Crippen LogP contribution in [-0.4, -0.2) is 12.3 Å². The van der Waals surface area contributed by atoms with E-state index in [1.54, 1.807) is 0 Å². The van der Waals surface area contributed by atoms with E-state index in [1.807, 2.05) is 11.8 Å². The molecule has 14 heavy (non-hydrogen) atoms. The van der Waals surface area contributed by atoms with Crippen LogP contribution in [0, 0.1) is 0 Å². The third-order valence-corrected chi connectivity index (χ3v) is 3.33. The van der Waals surface area contributed by atoms with Gasteiger partial charge in [-0.05, 0) is 42.3 Å². The second kappa shape index (κ2) is 6.10. The third kappa shape index (κ3) is 3.03. The Kier molecular flexibility index (Phi) is 5.05. The van der Waals surface area contributed by atoms with Crippen molar-refractivity contribution in [3.63, 3.8) is 0 Å². The molecule has 0 saturated heterocycles. The average molecular weight is 209 g/mol. The maximum atomic E-state index is 5.71. The van der Waals surface area contributed by atoms with Gasteiger partial charge in [0.15, 0.2) is 0 Å². The summed E-state index contributed by atoms with van der Waals surface area (Å²) in [5, 5.41) is 0. The first-order valence-corrected chi connectivity index (χ1v) is 6.23. The van der Waals surface area contributed by atoms with Gasteiger partial charge in [0.25, 0.3) is 0 Å². The summed E-state index contributed by atoms with van der Waals surface area (Å²) in [5.41, 5.74) is 7.08. The molecule has 2 N–H and O–H groups in total. The molecule has 1 atom stereocenters. The van der Waals surface area contributed by atoms with Crippen molar-refractivity contribution in [1.82, 2.24) is 0 Å². The summed E-state index contributed by atoms with van der Waals surface area (Å²) in [6.07, 6.45) is 1.12. The molecule has 0 amide bonds. The number of benzene rings is 1. The van der Waals surface area contributed by atoms with E-state index in [1.165, 1.54) is 10.5 Å². The minimum absolute atomic E-state index is 0.524. The van der Waals surface area contributed by atoms with Crippen LogP contribution in [0.25, 0.3) is 0 Å². The fourth-order valence-electron chi connectivity index (χ4n) is 1.54. The van der Waals surface area contributed by atoms with Crippen LogP contribution < -0.4 is 5.73 Å². The fourth-order valence-corrected chi connectivity index (χ4v) is 2.20. The van der Waals surface area contributed by atoms with E-state index in [-0.39, 0.29) is 0 Å². The summed E-state index contributed by atoms with van der Waals surface area (Å²) < 4.78 is 0. The van der Waals surface area contributed by atoms with Crippen molar-refractivity contribution in [3.8, 4) is 0 Å². The van der Waals surface area contributed by atoms with Crippen molar-refractivity contribution >= 4 is 11.8 Å². The predicted molar refractivity (Wildman–Crippen MR) is 64.9 cm³/mol. The highest BCUT2D eigenvalue weighted by atomic mass is 32.2. The van der Waals surface area contributed by atoms with Crippen molar-refractivity contribution in [2.75, 3.05) is 12.3 Å². The molecule has 0 aromatic heterocycles. The number of nitrogens with two attached hydrogens (primary N) is 1. The molecule has 1 nitrogen and oxygen atoms in total. The van der Waals surface area contributed by atoms with E-state index in [4.69, 9.17) is 5.73 Å². The average Bonchev–Trinajstić information content (AvgIpc) is 2.23. The monoisotopic (exact) mass is 209 g/mol. The zero-order valence-electron chi connectivity index (χ0n) is 8.99. The van der Waals surface area contributed by atoms with Gasteiger partial charge < -0.3 is 5.73 Å². The highest BCUT2D eigenvalue weighted by Gasteiger charge is 2.06. The molecule has 0 spiro atoms. The van der Waals surface area contributed by atoms with Crippen molar-refractivity contribution in [2.45, 2.75) is 31.1 Å². The maximum Gasteiger partial charge on any atom is 0.00720 e. The SMILES string of the molecule is CCSc1ccc(C(CC)CN)cc1. The number of hydrogen-bond acceptors (Lipinski definition) is 2. The lowest BCUT2D eigenvalue weighted by Gasteiger charge is -2.12. The number of hydrogen-bond donors (Lipinski definition) is 1. The lowest BCUT2D eigenvalue weighted by atomic mass is 9.97. The van der Waals surface area contributed by atoms with Crippen LogP contribution in [0.15, 0.2) is 29.2 Å². The smallest absolute Gasteiger partial charge is 0.00720 e. The van der Waals surface area contributed by atoms with Gasteiger partial charge in [-0.25, -0.2) is 0 Å². The summed E-state index contributed by atoms with van der Waals surface area (Å²) in [7, 11) is 0. The second-order valence-electron chi connectivity index (χ2n) is 3.34. The van der Waals surface area contributed by atoms with Gasteiger partial charge in [-0.15, -0.1) is 11.8 Å². The molecule has 0 heterocycles. The molecule has 0 saturated carbocycles. The van der Waals surface area contributed by atoms with Crippen molar-refractivity contribution < 1.29 is 0 Å². The van der Waals surface area contributed by atoms with Crippen molar-refractivity contribution in [1.29, 1.82) is 0 Å². The summed E-state index contributed by atoms with van der Waals surface area (Å²) in [6, 6.07) is 8.81. The van der Waals surface area contributed by atoms with Gasteiger partial charge in [0, 0.05) is 4.90 Å². The predicted octanol–water partition coefficient (Wildman–Crippen LogP) is 3.25. The summed E-state index contributed by atoms with van der Waals surface area (Å²) in [5.74, 6) is 1.66. The molecule has 1 aromatic rings. The fraction of sp³-hybridized carbons (Fsp3) is 0.500. The highest BCUT2D eigenvalue weighted by molar-refractivity contribution is 7.99. The van der Waals surface area contributed by atoms with Crippen molar-refractivity contribution in [2.24, 2.45) is 5.73 Å². The van der Waals surface area contributed by atoms with Crippen molar-refractivity contribution in [3.05, 3.63) is 29.8 Å². The molecule has 0 radical (unpaired) electrons. The van der Waals surface area contributed by atoms with Gasteiger partial charge in [0.05, 0.1) is 0 Å². The van der Waals surface area contributed by atoms with Gasteiger partial charge in [-0.2, -0.15) is 0 Å². The molecular formula is C12H19NS. The van der Waals surface area contributed by atoms with Gasteiger partial charge in [-0.3, -0.25) is 0 Å². The van der Waals surface area contributed by atoms with Gasteiger partial charge in [0.1, 0.15) is 0 Å². The summed E-state index contributed by atoms with van der Waals surface area (Å²) in [4.78, 5) is 1.35. The molecule has 1 rings (SSSR count). The summed E-state index contributed by atoms with van der Waals surface area (Å²) in [6.45, 7) is 5.11. The Morgan fingerprint density at radius 1 is 1.21 bits per heavy atom. The van der Waals surface area contributed by atoms with Crippen LogP contribution in [0.4, 0.5) is 0 Å². The van der Waals surface area contributed by atoms with E-state index in [0.717, 1.165) is 18.7 Å². The van der Waals surface area contributed by atoms with E-state index in [9.17, 15) is 0 Å². The lowest BCUT2D eigenvalue weighted by molar-refractivity contribution is 0.674. The van der Waals surface area contributed by atoms with Gasteiger partial charge in [-0.1, -0.05) is 26.0 Å². The van der Waals surface area contributed by atoms with Crippen LogP contribution in [0.3, 0.4) is 0 Å². The molecule has 1 unspecified atom stereocenters. The Labute approximate surface area is 91.1 Å². The third-order valence-electron chi connectivity index (χ3n) is 2.44. The van der Waals surface area contributed by atoms with E-state index < -0.39 is 0 Å². The molecule has 0 aliphatic rings. The van der Waals surface area contributed by atoms with Crippen LogP contribution in [0.2, 0.25) is 0 Å². The normalized spacial score (nSPS) is 12.8. The number of rotatable bonds is 5.